The van der Waals surface area contributed by atoms with Crippen LogP contribution in [0.2, 0.25) is 0 Å². The summed E-state index contributed by atoms with van der Waals surface area (Å²) in [6.07, 6.45) is 2.44. The fourth-order valence-electron chi connectivity index (χ4n) is 0.895. The highest BCUT2D eigenvalue weighted by Crippen LogP contribution is 2.38. The lowest BCUT2D eigenvalue weighted by Crippen LogP contribution is -1.97. The summed E-state index contributed by atoms with van der Waals surface area (Å²) in [6.45, 7) is 6.89. The largest absolute Gasteiger partial charge is 0.335 e. The van der Waals surface area contributed by atoms with Gasteiger partial charge in [-0.3, -0.25) is 13.6 Å². The van der Waals surface area contributed by atoms with E-state index < -0.39 is 8.60 Å². The Morgan fingerprint density at radius 2 is 0.895 bits per heavy atom. The molecule has 0 aromatic rings. The molecule has 0 heterocycles. The number of hydrogen-bond acceptors (Lipinski definition) is 3. The zero-order valence-electron chi connectivity index (χ0n) is 11.9. The molecule has 0 fully saturated rings. The van der Waals surface area contributed by atoms with Crippen molar-refractivity contribution in [2.45, 2.75) is 40.0 Å². The first kappa shape index (κ1) is 18.0. The molecule has 0 unspecified atom stereocenters. The van der Waals surface area contributed by atoms with Gasteiger partial charge in [0.2, 0.25) is 0 Å². The van der Waals surface area contributed by atoms with Crippen LogP contribution in [0.1, 0.15) is 40.0 Å². The molecule has 0 radical (unpaired) electrons. The summed E-state index contributed by atoms with van der Waals surface area (Å²) in [5.41, 5.74) is 0. The minimum absolute atomic E-state index is 0.307. The van der Waals surface area contributed by atoms with Gasteiger partial charge in [-0.15, -0.1) is 17.8 Å². The third-order valence-electron chi connectivity index (χ3n) is 1.63. The predicted molar refractivity (Wildman–Crippen MR) is 79.0 cm³/mol. The summed E-state index contributed by atoms with van der Waals surface area (Å²) in [5.74, 6) is 17.4. The van der Waals surface area contributed by atoms with Crippen LogP contribution >= 0.6 is 8.60 Å². The first-order valence-corrected chi connectivity index (χ1v) is 7.50. The van der Waals surface area contributed by atoms with Crippen LogP contribution in [-0.2, 0) is 13.6 Å². The summed E-state index contributed by atoms with van der Waals surface area (Å²) in [5, 5.41) is 0. The zero-order valence-corrected chi connectivity index (χ0v) is 12.8. The molecule has 104 valence electrons. The molecule has 0 aliphatic carbocycles. The standard InChI is InChI=1S/C15H21O3P/c1-4-7-10-13-16-19(17-14-11-8-5-2)18-15-12-9-6-3/h4-6,13-15H2,1-3H3. The average Bonchev–Trinajstić information content (AvgIpc) is 2.43. The fraction of sp³-hybridized carbons (Fsp3) is 0.600. The van der Waals surface area contributed by atoms with Crippen LogP contribution in [0.3, 0.4) is 0 Å². The highest BCUT2D eigenvalue weighted by molar-refractivity contribution is 7.41. The van der Waals surface area contributed by atoms with E-state index in [1.54, 1.807) is 0 Å². The van der Waals surface area contributed by atoms with Crippen molar-refractivity contribution < 1.29 is 13.6 Å². The van der Waals surface area contributed by atoms with E-state index in [1.807, 2.05) is 20.8 Å². The van der Waals surface area contributed by atoms with E-state index in [-0.39, 0.29) is 0 Å². The van der Waals surface area contributed by atoms with Crippen molar-refractivity contribution in [2.75, 3.05) is 19.8 Å². The molecular formula is C15H21O3P. The van der Waals surface area contributed by atoms with Gasteiger partial charge < -0.3 is 0 Å². The van der Waals surface area contributed by atoms with Crippen LogP contribution in [0.25, 0.3) is 0 Å². The summed E-state index contributed by atoms with van der Waals surface area (Å²) in [6, 6.07) is 0. The van der Waals surface area contributed by atoms with Crippen molar-refractivity contribution in [1.82, 2.24) is 0 Å². The molecule has 19 heavy (non-hydrogen) atoms. The second-order valence-electron chi connectivity index (χ2n) is 3.17. The van der Waals surface area contributed by atoms with Crippen LogP contribution < -0.4 is 0 Å². The maximum Gasteiger partial charge on any atom is 0.335 e. The van der Waals surface area contributed by atoms with Gasteiger partial charge in [-0.2, -0.15) is 0 Å². The molecule has 0 aromatic heterocycles. The molecule has 0 amide bonds. The van der Waals surface area contributed by atoms with Crippen molar-refractivity contribution in [3.8, 4) is 35.5 Å². The van der Waals surface area contributed by atoms with Gasteiger partial charge in [-0.25, -0.2) is 0 Å². The van der Waals surface area contributed by atoms with Crippen LogP contribution in [0, 0.1) is 35.5 Å². The Balaban J connectivity index is 4.05. The minimum Gasteiger partial charge on any atom is -0.299 e. The lowest BCUT2D eigenvalue weighted by Gasteiger charge is -2.12. The van der Waals surface area contributed by atoms with E-state index in [0.717, 1.165) is 19.3 Å². The smallest absolute Gasteiger partial charge is 0.299 e. The van der Waals surface area contributed by atoms with E-state index in [4.69, 9.17) is 13.6 Å². The lowest BCUT2D eigenvalue weighted by atomic mass is 10.5. The second-order valence-corrected chi connectivity index (χ2v) is 4.39. The molecule has 0 saturated heterocycles. The summed E-state index contributed by atoms with van der Waals surface area (Å²) >= 11 is 0. The molecule has 0 aliphatic heterocycles. The van der Waals surface area contributed by atoms with E-state index in [9.17, 15) is 0 Å². The van der Waals surface area contributed by atoms with Gasteiger partial charge in [0.15, 0.2) is 0 Å². The first-order valence-electron chi connectivity index (χ1n) is 6.41. The molecule has 4 heteroatoms. The second kappa shape index (κ2) is 15.0. The molecule has 0 N–H and O–H groups in total. The molecule has 3 nitrogen and oxygen atoms in total. The van der Waals surface area contributed by atoms with Crippen molar-refractivity contribution in [1.29, 1.82) is 0 Å². The molecule has 0 bridgehead atoms. The number of rotatable bonds is 6. The van der Waals surface area contributed by atoms with Gasteiger partial charge in [0.25, 0.3) is 0 Å². The van der Waals surface area contributed by atoms with E-state index in [1.165, 1.54) is 0 Å². The lowest BCUT2D eigenvalue weighted by molar-refractivity contribution is 0.200. The fourth-order valence-corrected chi connectivity index (χ4v) is 1.63. The summed E-state index contributed by atoms with van der Waals surface area (Å²) in [7, 11) is -1.42. The van der Waals surface area contributed by atoms with Gasteiger partial charge >= 0.3 is 8.60 Å². The van der Waals surface area contributed by atoms with E-state index >= 15 is 0 Å². The maximum atomic E-state index is 5.42. The normalized spacial score (nSPS) is 8.84. The predicted octanol–water partition coefficient (Wildman–Crippen LogP) is 3.50. The zero-order chi connectivity index (χ0) is 14.2. The van der Waals surface area contributed by atoms with Crippen molar-refractivity contribution >= 4 is 8.60 Å². The van der Waals surface area contributed by atoms with Gasteiger partial charge in [0.1, 0.15) is 19.8 Å². The molecule has 0 aromatic carbocycles. The highest BCUT2D eigenvalue weighted by Gasteiger charge is 2.10. The Morgan fingerprint density at radius 3 is 1.16 bits per heavy atom. The Hall–Kier alpha value is -1.01. The Morgan fingerprint density at radius 1 is 0.579 bits per heavy atom. The van der Waals surface area contributed by atoms with Crippen LogP contribution in [0.5, 0.6) is 0 Å². The summed E-state index contributed by atoms with van der Waals surface area (Å²) < 4.78 is 16.2. The van der Waals surface area contributed by atoms with Crippen molar-refractivity contribution in [3.63, 3.8) is 0 Å². The van der Waals surface area contributed by atoms with Crippen LogP contribution in [-0.4, -0.2) is 19.8 Å². The highest BCUT2D eigenvalue weighted by atomic mass is 31.2. The molecule has 0 spiro atoms. The molecule has 0 atom stereocenters. The average molecular weight is 280 g/mol. The minimum atomic E-state index is -1.42. The van der Waals surface area contributed by atoms with Crippen molar-refractivity contribution in [3.05, 3.63) is 0 Å². The topological polar surface area (TPSA) is 27.7 Å². The molecule has 0 saturated carbocycles. The Bertz CT molecular complexity index is 325. The third-order valence-corrected chi connectivity index (χ3v) is 2.65. The first-order chi connectivity index (χ1) is 9.35. The van der Waals surface area contributed by atoms with E-state index in [0.29, 0.717) is 19.8 Å². The SMILES string of the molecule is CCC#CCOP(OCC#CCC)OCC#CCC. The molecular weight excluding hydrogens is 259 g/mol. The Labute approximate surface area is 118 Å². The molecule has 0 aliphatic rings. The monoisotopic (exact) mass is 280 g/mol. The van der Waals surface area contributed by atoms with Crippen LogP contribution in [0.4, 0.5) is 0 Å². The quantitative estimate of drug-likeness (QED) is 0.550. The van der Waals surface area contributed by atoms with E-state index in [2.05, 4.69) is 35.5 Å². The number of hydrogen-bond donors (Lipinski definition) is 0. The summed E-state index contributed by atoms with van der Waals surface area (Å²) in [4.78, 5) is 0. The molecule has 0 rings (SSSR count). The third kappa shape index (κ3) is 13.2. The Kier molecular flexibility index (Phi) is 14.2. The van der Waals surface area contributed by atoms with Gasteiger partial charge in [-0.05, 0) is 0 Å². The maximum absolute atomic E-state index is 5.42. The van der Waals surface area contributed by atoms with Crippen molar-refractivity contribution in [2.24, 2.45) is 0 Å². The van der Waals surface area contributed by atoms with Gasteiger partial charge in [0.05, 0.1) is 0 Å². The van der Waals surface area contributed by atoms with Gasteiger partial charge in [0, 0.05) is 19.3 Å². The van der Waals surface area contributed by atoms with Crippen LogP contribution in [0.15, 0.2) is 0 Å². The van der Waals surface area contributed by atoms with Gasteiger partial charge in [-0.1, -0.05) is 38.5 Å².